The first-order chi connectivity index (χ1) is 15.6. The third kappa shape index (κ3) is 8.01. The largest absolute Gasteiger partial charge is 0.492 e. The van der Waals surface area contributed by atoms with Crippen molar-refractivity contribution < 1.29 is 18.6 Å². The van der Waals surface area contributed by atoms with Gasteiger partial charge >= 0.3 is 0 Å². The molecule has 2 N–H and O–H groups in total. The van der Waals surface area contributed by atoms with Crippen LogP contribution in [0.15, 0.2) is 53.5 Å². The zero-order valence-electron chi connectivity index (χ0n) is 18.9. The monoisotopic (exact) mass is 444 g/mol. The quantitative estimate of drug-likeness (QED) is 0.434. The summed E-state index contributed by atoms with van der Waals surface area (Å²) in [6.45, 7) is 8.03. The highest BCUT2D eigenvalue weighted by atomic mass is 19.1. The van der Waals surface area contributed by atoms with Gasteiger partial charge in [-0.05, 0) is 36.8 Å². The number of nitrogens with zero attached hydrogens (tertiary/aromatic N) is 2. The van der Waals surface area contributed by atoms with Crippen LogP contribution in [0.25, 0.3) is 0 Å². The summed E-state index contributed by atoms with van der Waals surface area (Å²) in [5.74, 6) is 1.38. The molecule has 0 saturated carbocycles. The summed E-state index contributed by atoms with van der Waals surface area (Å²) in [6, 6.07) is 14.4. The van der Waals surface area contributed by atoms with Gasteiger partial charge in [-0.3, -0.25) is 9.89 Å². The van der Waals surface area contributed by atoms with Crippen LogP contribution in [0.4, 0.5) is 4.39 Å². The standard InChI is InChI=1S/C24H33FN4O3/c1-19(32-23-9-4-3-8-22(23)25)17-27-24(26-2)28-18-20-6-5-7-21(16-20)31-15-12-29-10-13-30-14-11-29/h3-9,16,19H,10-15,17-18H2,1-2H3,(H2,26,27,28). The molecule has 0 aliphatic carbocycles. The van der Waals surface area contributed by atoms with Crippen LogP contribution < -0.4 is 20.1 Å². The Hall–Kier alpha value is -2.84. The fourth-order valence-electron chi connectivity index (χ4n) is 3.31. The van der Waals surface area contributed by atoms with E-state index in [1.54, 1.807) is 25.2 Å². The molecule has 2 aromatic rings. The third-order valence-electron chi connectivity index (χ3n) is 5.08. The topological polar surface area (TPSA) is 67.4 Å². The maximum absolute atomic E-state index is 13.7. The molecule has 0 aromatic heterocycles. The summed E-state index contributed by atoms with van der Waals surface area (Å²) in [5.41, 5.74) is 1.09. The van der Waals surface area contributed by atoms with E-state index < -0.39 is 0 Å². The predicted octanol–water partition coefficient (Wildman–Crippen LogP) is 2.67. The van der Waals surface area contributed by atoms with Gasteiger partial charge in [-0.2, -0.15) is 0 Å². The molecule has 0 bridgehead atoms. The van der Waals surface area contributed by atoms with E-state index in [4.69, 9.17) is 14.2 Å². The van der Waals surface area contributed by atoms with Crippen molar-refractivity contribution in [2.45, 2.75) is 19.6 Å². The van der Waals surface area contributed by atoms with Crippen molar-refractivity contribution in [3.63, 3.8) is 0 Å². The molecule has 1 heterocycles. The van der Waals surface area contributed by atoms with Gasteiger partial charge in [0.05, 0.1) is 19.8 Å². The van der Waals surface area contributed by atoms with E-state index in [0.717, 1.165) is 44.2 Å². The Bertz CT molecular complexity index is 859. The molecule has 1 atom stereocenters. The molecule has 1 unspecified atom stereocenters. The average molecular weight is 445 g/mol. The minimum absolute atomic E-state index is 0.228. The highest BCUT2D eigenvalue weighted by Crippen LogP contribution is 2.17. The molecule has 3 rings (SSSR count). The number of ether oxygens (including phenoxy) is 3. The van der Waals surface area contributed by atoms with Crippen molar-refractivity contribution in [2.75, 3.05) is 53.0 Å². The van der Waals surface area contributed by atoms with Crippen LogP contribution in [0, 0.1) is 5.82 Å². The number of morpholine rings is 1. The van der Waals surface area contributed by atoms with Crippen molar-refractivity contribution in [3.8, 4) is 11.5 Å². The van der Waals surface area contributed by atoms with E-state index in [-0.39, 0.29) is 17.7 Å². The minimum Gasteiger partial charge on any atom is -0.492 e. The molecular weight excluding hydrogens is 411 g/mol. The number of hydrogen-bond acceptors (Lipinski definition) is 5. The lowest BCUT2D eigenvalue weighted by Gasteiger charge is -2.26. The van der Waals surface area contributed by atoms with Gasteiger partial charge in [-0.1, -0.05) is 24.3 Å². The molecule has 0 spiro atoms. The van der Waals surface area contributed by atoms with E-state index in [0.29, 0.717) is 25.7 Å². The van der Waals surface area contributed by atoms with Crippen molar-refractivity contribution in [3.05, 3.63) is 59.9 Å². The van der Waals surface area contributed by atoms with Gasteiger partial charge in [0.25, 0.3) is 0 Å². The highest BCUT2D eigenvalue weighted by molar-refractivity contribution is 5.79. The Kier molecular flexibility index (Phi) is 9.59. The third-order valence-corrected chi connectivity index (χ3v) is 5.08. The van der Waals surface area contributed by atoms with Gasteiger partial charge in [0, 0.05) is 33.2 Å². The van der Waals surface area contributed by atoms with Crippen LogP contribution in [-0.4, -0.2) is 70.0 Å². The molecule has 2 aromatic carbocycles. The minimum atomic E-state index is -0.367. The summed E-state index contributed by atoms with van der Waals surface area (Å²) < 4.78 is 30.7. The van der Waals surface area contributed by atoms with Gasteiger partial charge < -0.3 is 24.8 Å². The fraction of sp³-hybridized carbons (Fsp3) is 0.458. The second kappa shape index (κ2) is 12.9. The molecular formula is C24H33FN4O3. The number of halogens is 1. The van der Waals surface area contributed by atoms with Crippen LogP contribution in [0.2, 0.25) is 0 Å². The van der Waals surface area contributed by atoms with Crippen molar-refractivity contribution in [2.24, 2.45) is 4.99 Å². The number of benzene rings is 2. The zero-order valence-corrected chi connectivity index (χ0v) is 18.9. The highest BCUT2D eigenvalue weighted by Gasteiger charge is 2.11. The number of hydrogen-bond donors (Lipinski definition) is 2. The first kappa shape index (κ1) is 23.8. The summed E-state index contributed by atoms with van der Waals surface area (Å²) in [6.07, 6.45) is -0.228. The molecule has 1 fully saturated rings. The Morgan fingerprint density at radius 2 is 1.97 bits per heavy atom. The molecule has 1 aliphatic rings. The van der Waals surface area contributed by atoms with Crippen molar-refractivity contribution >= 4 is 5.96 Å². The number of guanidine groups is 1. The van der Waals surface area contributed by atoms with Crippen LogP contribution in [-0.2, 0) is 11.3 Å². The maximum Gasteiger partial charge on any atom is 0.191 e. The average Bonchev–Trinajstić information content (AvgIpc) is 2.82. The molecule has 1 saturated heterocycles. The van der Waals surface area contributed by atoms with E-state index in [2.05, 4.69) is 20.5 Å². The van der Waals surface area contributed by atoms with E-state index >= 15 is 0 Å². The predicted molar refractivity (Wildman–Crippen MR) is 124 cm³/mol. The van der Waals surface area contributed by atoms with Crippen LogP contribution in [0.1, 0.15) is 12.5 Å². The van der Waals surface area contributed by atoms with E-state index in [1.807, 2.05) is 31.2 Å². The second-order valence-corrected chi connectivity index (χ2v) is 7.62. The normalized spacial score (nSPS) is 15.8. The summed E-state index contributed by atoms with van der Waals surface area (Å²) in [5, 5.41) is 6.49. The maximum atomic E-state index is 13.7. The van der Waals surface area contributed by atoms with Gasteiger partial charge in [0.15, 0.2) is 17.5 Å². The smallest absolute Gasteiger partial charge is 0.191 e. The Balaban J connectivity index is 1.39. The van der Waals surface area contributed by atoms with Gasteiger partial charge in [-0.25, -0.2) is 4.39 Å². The summed E-state index contributed by atoms with van der Waals surface area (Å²) >= 11 is 0. The Labute approximate surface area is 189 Å². The molecule has 0 amide bonds. The second-order valence-electron chi connectivity index (χ2n) is 7.62. The molecule has 8 heteroatoms. The van der Waals surface area contributed by atoms with Crippen molar-refractivity contribution in [1.29, 1.82) is 0 Å². The van der Waals surface area contributed by atoms with Crippen LogP contribution >= 0.6 is 0 Å². The lowest BCUT2D eigenvalue weighted by atomic mass is 10.2. The summed E-state index contributed by atoms with van der Waals surface area (Å²) in [4.78, 5) is 6.59. The number of aliphatic imine (C=N–C) groups is 1. The van der Waals surface area contributed by atoms with Crippen LogP contribution in [0.5, 0.6) is 11.5 Å². The first-order valence-electron chi connectivity index (χ1n) is 11.0. The summed E-state index contributed by atoms with van der Waals surface area (Å²) in [7, 11) is 1.71. The lowest BCUT2D eigenvalue weighted by Crippen LogP contribution is -2.41. The molecule has 1 aliphatic heterocycles. The van der Waals surface area contributed by atoms with E-state index in [9.17, 15) is 4.39 Å². The number of nitrogens with one attached hydrogen (secondary N) is 2. The van der Waals surface area contributed by atoms with Gasteiger partial charge in [-0.15, -0.1) is 0 Å². The molecule has 32 heavy (non-hydrogen) atoms. The van der Waals surface area contributed by atoms with Crippen LogP contribution in [0.3, 0.4) is 0 Å². The first-order valence-corrected chi connectivity index (χ1v) is 11.0. The molecule has 7 nitrogen and oxygen atoms in total. The van der Waals surface area contributed by atoms with Crippen molar-refractivity contribution in [1.82, 2.24) is 15.5 Å². The Morgan fingerprint density at radius 1 is 1.16 bits per heavy atom. The lowest BCUT2D eigenvalue weighted by molar-refractivity contribution is 0.0322. The zero-order chi connectivity index (χ0) is 22.6. The number of rotatable bonds is 10. The van der Waals surface area contributed by atoms with Gasteiger partial charge in [0.1, 0.15) is 18.5 Å². The number of para-hydroxylation sites is 1. The Morgan fingerprint density at radius 3 is 2.75 bits per heavy atom. The SMILES string of the molecule is CN=C(NCc1cccc(OCCN2CCOCC2)c1)NCC(C)Oc1ccccc1F. The fourth-order valence-corrected chi connectivity index (χ4v) is 3.31. The molecule has 0 radical (unpaired) electrons. The van der Waals surface area contributed by atoms with Gasteiger partial charge in [0.2, 0.25) is 0 Å². The molecule has 174 valence electrons. The van der Waals surface area contributed by atoms with E-state index in [1.165, 1.54) is 6.07 Å².